The van der Waals surface area contributed by atoms with E-state index >= 15 is 0 Å². The first-order chi connectivity index (χ1) is 40.2. The first-order valence-corrected chi connectivity index (χ1v) is 27.0. The lowest BCUT2D eigenvalue weighted by molar-refractivity contribution is -0.141. The molecule has 33 N–H and O–H groups in total. The number of phenols is 2. The number of aliphatic carboxylic acids is 9. The van der Waals surface area contributed by atoms with Crippen LogP contribution in [-0.4, -0.2) is 199 Å². The Morgan fingerprint density at radius 2 is 0.782 bits per heavy atom. The van der Waals surface area contributed by atoms with Gasteiger partial charge in [-0.15, -0.1) is 0 Å². The van der Waals surface area contributed by atoms with Gasteiger partial charge in [0.2, 0.25) is 0 Å². The third-order valence-corrected chi connectivity index (χ3v) is 11.1. The van der Waals surface area contributed by atoms with E-state index < -0.39 is 114 Å². The van der Waals surface area contributed by atoms with Gasteiger partial charge in [0.15, 0.2) is 0 Å². The third-order valence-electron chi connectivity index (χ3n) is 10.4. The standard InChI is InChI=1S/C11H12N2O2.2C9H11NO3.C6H14N2O2.C5H11NO2.C4H9NO3.2C3H7NO2S.C3H7NO2/c12-9(11(14)15)5-7-6-13-10-4-2-1-3-8(7)10;2*10-8(9(12)13)5-6-1-3-7(11)4-2-6;7-4-2-1-3-5(8)6(9)10;1-3(2)4(6)5(7)8;1-2(6)3(5)4(7)8;2*4-2(1-7)3(5)6;1-2(4)3(5)6/h1-4,6,9,13H,5,12H2,(H,14,15);2*1-4,8,11H,5,10H2,(H,12,13);5H,1-4,7-8H2,(H,9,10);3-4H,6H2,1-2H3,(H,7,8);2-3,6H,5H2,1H3,(H,7,8);2*2,7H,1,4H2,(H,5,6);2H,4H2,1H3,(H,5,6)/t9-;2*8-;5-;4-;2-,3+;3*2-/m110001000/s1. The van der Waals surface area contributed by atoms with Gasteiger partial charge in [-0.2, -0.15) is 25.3 Å². The molecular weight excluding hydrogens is 1190 g/mol. The maximum Gasteiger partial charge on any atom is 0.323 e. The summed E-state index contributed by atoms with van der Waals surface area (Å²) in [5.74, 6) is -8.31. The summed E-state index contributed by atoms with van der Waals surface area (Å²) < 4.78 is 0. The summed E-state index contributed by atoms with van der Waals surface area (Å²) in [4.78, 5) is 93.6. The molecule has 4 aromatic rings. The zero-order chi connectivity index (χ0) is 68.9. The Kier molecular flexibility index (Phi) is 51.1. The largest absolute Gasteiger partial charge is 0.508 e. The molecule has 0 aliphatic carbocycles. The maximum atomic E-state index is 10.6. The molecule has 10 atom stereocenters. The van der Waals surface area contributed by atoms with Gasteiger partial charge in [0.05, 0.1) is 6.10 Å². The number of nitrogens with two attached hydrogens (primary N) is 10. The predicted molar refractivity (Wildman–Crippen MR) is 329 cm³/mol. The number of fused-ring (bicyclic) bond motifs is 1. The van der Waals surface area contributed by atoms with Crippen LogP contribution in [0.5, 0.6) is 11.5 Å². The average molecular weight is 1280 g/mol. The number of unbranched alkanes of at least 4 members (excludes halogenated alkanes) is 1. The van der Waals surface area contributed by atoms with E-state index in [9.17, 15) is 43.2 Å². The number of thiol groups is 2. The van der Waals surface area contributed by atoms with Gasteiger partial charge in [0, 0.05) is 35.0 Å². The lowest BCUT2D eigenvalue weighted by Crippen LogP contribution is -2.39. The summed E-state index contributed by atoms with van der Waals surface area (Å²) in [5, 5.41) is 102. The van der Waals surface area contributed by atoms with Gasteiger partial charge in [-0.25, -0.2) is 0 Å². The number of para-hydroxylation sites is 1. The van der Waals surface area contributed by atoms with Crippen LogP contribution in [0.25, 0.3) is 10.9 Å². The van der Waals surface area contributed by atoms with E-state index in [4.69, 9.17) is 119 Å². The Bertz CT molecular complexity index is 2490. The summed E-state index contributed by atoms with van der Waals surface area (Å²) in [5.41, 5.74) is 54.9. The molecule has 0 fully saturated rings. The van der Waals surface area contributed by atoms with Crippen LogP contribution in [0.1, 0.15) is 63.6 Å². The van der Waals surface area contributed by atoms with Crippen LogP contribution in [0.15, 0.2) is 79.0 Å². The van der Waals surface area contributed by atoms with E-state index in [1.54, 1.807) is 38.1 Å². The SMILES string of the molecule is CC(C)[C@H](N)C(=O)O.C[C@@H](O)[C@H](N)C(=O)O.C[C@H](N)C(=O)O.NCCCC[C@H](N)C(=O)O.N[C@@H](CS)C(=O)O.N[C@@H](CS)C(=O)O.N[C@@H](Cc1ccc(O)cc1)C(=O)O.N[C@H](Cc1c[nH]c2ccccc12)C(=O)O.N[C@H](Cc1ccc(O)cc1)C(=O)O. The van der Waals surface area contributed by atoms with Gasteiger partial charge < -0.3 is 124 Å². The lowest BCUT2D eigenvalue weighted by atomic mass is 10.1. The summed E-state index contributed by atoms with van der Waals surface area (Å²) in [6.07, 6.45) is 3.89. The Hall–Kier alpha value is -7.71. The number of nitrogens with one attached hydrogen (secondary N) is 1. The number of aromatic amines is 1. The summed E-state index contributed by atoms with van der Waals surface area (Å²) >= 11 is 7.30. The minimum atomic E-state index is -1.18. The minimum absolute atomic E-state index is 0.0208. The Morgan fingerprint density at radius 3 is 1.02 bits per heavy atom. The first kappa shape index (κ1) is 88.1. The molecule has 0 unspecified atom stereocenters. The van der Waals surface area contributed by atoms with Crippen LogP contribution in [0.4, 0.5) is 0 Å². The molecule has 0 saturated heterocycles. The van der Waals surface area contributed by atoms with E-state index in [1.807, 2.05) is 30.5 Å². The van der Waals surface area contributed by atoms with Gasteiger partial charge in [-0.3, -0.25) is 43.2 Å². The molecule has 1 aromatic heterocycles. The van der Waals surface area contributed by atoms with Crippen LogP contribution in [0.3, 0.4) is 0 Å². The second-order valence-electron chi connectivity index (χ2n) is 18.5. The van der Waals surface area contributed by atoms with E-state index in [0.717, 1.165) is 40.4 Å². The molecule has 0 amide bonds. The normalized spacial score (nSPS) is 13.4. The third kappa shape index (κ3) is 48.1. The second kappa shape index (κ2) is 50.4. The van der Waals surface area contributed by atoms with Crippen molar-refractivity contribution in [1.82, 2.24) is 4.98 Å². The van der Waals surface area contributed by atoms with Crippen LogP contribution < -0.4 is 57.3 Å². The number of hydrogen-bond acceptors (Lipinski definition) is 24. The van der Waals surface area contributed by atoms with Gasteiger partial charge in [-0.05, 0) is 99.0 Å². The summed E-state index contributed by atoms with van der Waals surface area (Å²) in [7, 11) is 0. The number of aliphatic hydroxyl groups excluding tert-OH is 1. The number of benzene rings is 3. The topological polar surface area (TPSA) is 672 Å². The highest BCUT2D eigenvalue weighted by molar-refractivity contribution is 7.80. The van der Waals surface area contributed by atoms with Crippen molar-refractivity contribution in [1.29, 1.82) is 0 Å². The number of phenolic OH excluding ortho intramolecular Hbond substituents is 2. The molecular formula is C53H89N11O21S2. The van der Waals surface area contributed by atoms with Crippen molar-refractivity contribution in [2.45, 2.75) is 127 Å². The lowest BCUT2D eigenvalue weighted by Gasteiger charge is -2.07. The molecule has 0 aliphatic heterocycles. The van der Waals surface area contributed by atoms with Crippen LogP contribution >= 0.6 is 25.3 Å². The van der Waals surface area contributed by atoms with Crippen molar-refractivity contribution in [2.75, 3.05) is 18.1 Å². The highest BCUT2D eigenvalue weighted by Gasteiger charge is 2.18. The van der Waals surface area contributed by atoms with E-state index in [0.29, 0.717) is 19.4 Å². The van der Waals surface area contributed by atoms with Gasteiger partial charge in [0.1, 0.15) is 65.9 Å². The number of aliphatic hydroxyl groups is 1. The van der Waals surface area contributed by atoms with Gasteiger partial charge >= 0.3 is 53.7 Å². The maximum absolute atomic E-state index is 10.6. The molecule has 0 radical (unpaired) electrons. The molecule has 1 heterocycles. The first-order valence-electron chi connectivity index (χ1n) is 25.7. The molecule has 87 heavy (non-hydrogen) atoms. The number of rotatable bonds is 23. The number of carboxylic acid groups (broad SMARTS) is 9. The summed E-state index contributed by atoms with van der Waals surface area (Å²) in [6, 6.07) is 12.8. The number of aromatic nitrogens is 1. The fourth-order valence-corrected chi connectivity index (χ4v) is 5.16. The van der Waals surface area contributed by atoms with E-state index in [2.05, 4.69) is 30.2 Å². The Labute approximate surface area is 512 Å². The molecule has 0 spiro atoms. The van der Waals surface area contributed by atoms with Crippen molar-refractivity contribution >= 4 is 89.9 Å². The molecule has 4 rings (SSSR count). The highest BCUT2D eigenvalue weighted by Crippen LogP contribution is 2.19. The van der Waals surface area contributed by atoms with Gasteiger partial charge in [0.25, 0.3) is 0 Å². The molecule has 0 bridgehead atoms. The molecule has 0 saturated carbocycles. The van der Waals surface area contributed by atoms with E-state index in [-0.39, 0.29) is 41.8 Å². The van der Waals surface area contributed by atoms with Gasteiger partial charge in [-0.1, -0.05) is 62.7 Å². The summed E-state index contributed by atoms with van der Waals surface area (Å²) in [6.45, 7) is 6.91. The molecule has 0 aliphatic rings. The molecule has 34 heteroatoms. The number of aromatic hydroxyl groups is 2. The molecule has 32 nitrogen and oxygen atoms in total. The second-order valence-corrected chi connectivity index (χ2v) is 19.2. The van der Waals surface area contributed by atoms with Crippen molar-refractivity contribution in [2.24, 2.45) is 63.3 Å². The highest BCUT2D eigenvalue weighted by atomic mass is 32.1. The zero-order valence-corrected chi connectivity index (χ0v) is 50.2. The minimum Gasteiger partial charge on any atom is -0.508 e. The zero-order valence-electron chi connectivity index (χ0n) is 48.4. The smallest absolute Gasteiger partial charge is 0.323 e. The molecule has 3 aromatic carbocycles. The van der Waals surface area contributed by atoms with Crippen molar-refractivity contribution < 1.29 is 104 Å². The van der Waals surface area contributed by atoms with Crippen molar-refractivity contribution in [3.05, 3.63) is 95.7 Å². The fraction of sp³-hybridized carbons (Fsp3) is 0.453. The Morgan fingerprint density at radius 1 is 0.448 bits per heavy atom. The number of carbonyl (C=O) groups is 9. The van der Waals surface area contributed by atoms with E-state index in [1.165, 1.54) is 38.1 Å². The number of hydrogen-bond donors (Lipinski definition) is 25. The quantitative estimate of drug-likeness (QED) is 0.0289. The predicted octanol–water partition coefficient (Wildman–Crippen LogP) is -1.75. The molecule has 494 valence electrons. The average Bonchev–Trinajstić information content (AvgIpc) is 3.85. The monoisotopic (exact) mass is 1280 g/mol. The van der Waals surface area contributed by atoms with Crippen molar-refractivity contribution in [3.63, 3.8) is 0 Å². The van der Waals surface area contributed by atoms with Crippen LogP contribution in [-0.2, 0) is 62.4 Å². The van der Waals surface area contributed by atoms with Crippen molar-refractivity contribution in [3.8, 4) is 11.5 Å². The number of carboxylic acids is 9. The fourth-order valence-electron chi connectivity index (χ4n) is 4.85. The van der Waals surface area contributed by atoms with Crippen LogP contribution in [0.2, 0.25) is 0 Å². The Balaban J connectivity index is -0.000000295. The van der Waals surface area contributed by atoms with Crippen LogP contribution in [0, 0.1) is 5.92 Å². The number of H-pyrrole nitrogens is 1.